The van der Waals surface area contributed by atoms with E-state index in [9.17, 15) is 43.2 Å². The summed E-state index contributed by atoms with van der Waals surface area (Å²) in [6.45, 7) is 6.36. The van der Waals surface area contributed by atoms with Crippen LogP contribution in [0.4, 0.5) is 27.5 Å². The summed E-state index contributed by atoms with van der Waals surface area (Å²) in [4.78, 5) is 131. The zero-order valence-electron chi connectivity index (χ0n) is 42.5. The van der Waals surface area contributed by atoms with Gasteiger partial charge in [-0.2, -0.15) is 0 Å². The number of likely N-dealkylation sites (tertiary alicyclic amines) is 4. The molecule has 4 fully saturated rings. The Morgan fingerprint density at radius 3 is 1.01 bits per heavy atom. The minimum atomic E-state index is -0.949. The Morgan fingerprint density at radius 1 is 0.442 bits per heavy atom. The van der Waals surface area contributed by atoms with Crippen LogP contribution in [0.1, 0.15) is 114 Å². The lowest BCUT2D eigenvalue weighted by Crippen LogP contribution is -2.46. The molecule has 8 rings (SSSR count). The number of carbonyl (C=O) groups excluding carboxylic acids is 9. The van der Waals surface area contributed by atoms with Crippen molar-refractivity contribution in [1.82, 2.24) is 19.6 Å². The Morgan fingerprint density at radius 2 is 0.714 bits per heavy atom. The maximum atomic E-state index is 14.7. The summed E-state index contributed by atoms with van der Waals surface area (Å²) in [5.41, 5.74) is 0.773. The first-order valence-electron chi connectivity index (χ1n) is 25.0. The highest BCUT2D eigenvalue weighted by Crippen LogP contribution is 2.33. The molecule has 0 unspecified atom stereocenters. The molecule has 19 nitrogen and oxygen atoms in total. The molecular weight excluding hydrogens is 1440 g/mol. The molecule has 0 aromatic heterocycles. The lowest BCUT2D eigenvalue weighted by molar-refractivity contribution is -0.120. The van der Waals surface area contributed by atoms with E-state index in [4.69, 9.17) is 9.47 Å². The Kier molecular flexibility index (Phi) is 18.7. The van der Waals surface area contributed by atoms with Crippen molar-refractivity contribution in [2.45, 2.75) is 102 Å². The highest BCUT2D eigenvalue weighted by Gasteiger charge is 2.42. The van der Waals surface area contributed by atoms with Crippen LogP contribution in [0, 0.1) is 14.3 Å². The molecule has 4 aromatic rings. The standard InChI is InChI=1S/C54H56I4N8O11/c1-54(2,3)77-53(75)66-24-8-12-44(66)48(70)61-39-19-15-31(57)27-35(39)51(73)64-22-6-10-42(64)46(68)59-37-17-13-29(55)25-33(37)49(71)63-21-5-9-41(63)45(67)60-38-18-14-30(56)26-34(38)50(72)65-23-7-11-43(65)47(69)62-40-20-16-32(58)28-36(40)52(74)76-4/h13-20,25-28,41-44H,5-12,21-24H2,1-4H3,(H,59,68)(H,60,67)(H,61,70)(H,62,69)/t41-,42-,43-,44-/m0/s1. The van der Waals surface area contributed by atoms with Crippen molar-refractivity contribution in [1.29, 1.82) is 0 Å². The Balaban J connectivity index is 0.952. The van der Waals surface area contributed by atoms with Crippen LogP contribution < -0.4 is 21.3 Å². The Labute approximate surface area is 499 Å². The quantitative estimate of drug-likeness (QED) is 0.0772. The number of hydrogen-bond acceptors (Lipinski definition) is 11. The number of nitrogens with zero attached hydrogens (tertiary/aromatic N) is 4. The molecule has 406 valence electrons. The number of amides is 8. The van der Waals surface area contributed by atoms with Crippen LogP contribution in [-0.2, 0) is 28.7 Å². The van der Waals surface area contributed by atoms with Gasteiger partial charge in [-0.15, -0.1) is 0 Å². The summed E-state index contributed by atoms with van der Waals surface area (Å²) in [5, 5.41) is 11.5. The molecule has 4 saturated heterocycles. The van der Waals surface area contributed by atoms with E-state index in [0.29, 0.717) is 65.1 Å². The smallest absolute Gasteiger partial charge is 0.410 e. The van der Waals surface area contributed by atoms with Crippen molar-refractivity contribution in [3.8, 4) is 0 Å². The summed E-state index contributed by atoms with van der Waals surface area (Å²) in [5.74, 6) is -4.07. The highest BCUT2D eigenvalue weighted by atomic mass is 127. The number of rotatable bonds is 12. The molecule has 4 N–H and O–H groups in total. The van der Waals surface area contributed by atoms with E-state index in [1.54, 1.807) is 93.6 Å². The fraction of sp³-hybridized carbons (Fsp3) is 0.389. The van der Waals surface area contributed by atoms with Crippen LogP contribution in [-0.4, -0.2) is 136 Å². The maximum Gasteiger partial charge on any atom is 0.410 e. The largest absolute Gasteiger partial charge is 0.465 e. The summed E-state index contributed by atoms with van der Waals surface area (Å²) in [6, 6.07) is 16.4. The van der Waals surface area contributed by atoms with Gasteiger partial charge in [0.15, 0.2) is 0 Å². The van der Waals surface area contributed by atoms with Gasteiger partial charge in [-0.05, 0) is 235 Å². The number of hydrogen-bond donors (Lipinski definition) is 4. The van der Waals surface area contributed by atoms with Crippen LogP contribution in [0.5, 0.6) is 0 Å². The molecule has 4 aromatic carbocycles. The van der Waals surface area contributed by atoms with Crippen molar-refractivity contribution < 1.29 is 52.6 Å². The monoisotopic (exact) mass is 1500 g/mol. The second kappa shape index (κ2) is 24.9. The van der Waals surface area contributed by atoms with E-state index in [1.165, 1.54) is 26.7 Å². The number of carbonyl (C=O) groups is 9. The zero-order chi connectivity index (χ0) is 55.5. The Hall–Kier alpha value is -5.17. The van der Waals surface area contributed by atoms with Crippen LogP contribution in [0.15, 0.2) is 72.8 Å². The van der Waals surface area contributed by atoms with E-state index in [2.05, 4.69) is 112 Å². The number of methoxy groups -OCH3 is 1. The molecular formula is C54H56I4N8O11. The molecule has 4 heterocycles. The normalized spacial score (nSPS) is 19.2. The first-order chi connectivity index (χ1) is 36.6. The van der Waals surface area contributed by atoms with Crippen LogP contribution in [0.25, 0.3) is 0 Å². The number of esters is 1. The predicted octanol–water partition coefficient (Wildman–Crippen LogP) is 8.96. The minimum Gasteiger partial charge on any atom is -0.465 e. The van der Waals surface area contributed by atoms with Gasteiger partial charge in [0, 0.05) is 40.5 Å². The van der Waals surface area contributed by atoms with Gasteiger partial charge < -0.3 is 45.4 Å². The molecule has 0 saturated carbocycles. The van der Waals surface area contributed by atoms with Crippen molar-refractivity contribution in [3.63, 3.8) is 0 Å². The van der Waals surface area contributed by atoms with Gasteiger partial charge in [-0.3, -0.25) is 38.5 Å². The lowest BCUT2D eigenvalue weighted by Gasteiger charge is -2.29. The third-order valence-corrected chi connectivity index (χ3v) is 16.4. The van der Waals surface area contributed by atoms with Crippen molar-refractivity contribution in [2.75, 3.05) is 54.6 Å². The topological polar surface area (TPSA) is 233 Å². The summed E-state index contributed by atoms with van der Waals surface area (Å²) < 4.78 is 13.4. The summed E-state index contributed by atoms with van der Waals surface area (Å²) >= 11 is 8.27. The fourth-order valence-corrected chi connectivity index (χ4v) is 12.0. The molecule has 77 heavy (non-hydrogen) atoms. The molecule has 0 aliphatic carbocycles. The molecule has 0 radical (unpaired) electrons. The molecule has 0 spiro atoms. The van der Waals surface area contributed by atoms with Crippen molar-refractivity contribution in [3.05, 3.63) is 109 Å². The van der Waals surface area contributed by atoms with Gasteiger partial charge in [-0.25, -0.2) is 9.59 Å². The van der Waals surface area contributed by atoms with Gasteiger partial charge >= 0.3 is 12.1 Å². The predicted molar refractivity (Wildman–Crippen MR) is 321 cm³/mol. The van der Waals surface area contributed by atoms with Gasteiger partial charge in [0.2, 0.25) is 23.6 Å². The SMILES string of the molecule is COC(=O)c1cc(I)ccc1NC(=O)[C@@H]1CCCN1C(=O)c1cc(I)ccc1NC(=O)[C@@H]1CCCN1C(=O)c1cc(I)ccc1NC(=O)[C@@H]1CCCN1C(=O)c1cc(I)ccc1NC(=O)[C@@H]1CCCN1C(=O)OC(C)(C)C. The highest BCUT2D eigenvalue weighted by molar-refractivity contribution is 14.1. The van der Waals surface area contributed by atoms with E-state index in [-0.39, 0.29) is 64.6 Å². The van der Waals surface area contributed by atoms with Gasteiger partial charge in [0.05, 0.1) is 52.1 Å². The molecule has 4 atom stereocenters. The molecule has 4 aliphatic rings. The number of ether oxygens (including phenoxy) is 2. The summed E-state index contributed by atoms with van der Waals surface area (Å²) in [7, 11) is 1.25. The first kappa shape index (κ1) is 58.0. The summed E-state index contributed by atoms with van der Waals surface area (Å²) in [6.07, 6.45) is 3.00. The first-order valence-corrected chi connectivity index (χ1v) is 29.4. The maximum absolute atomic E-state index is 14.7. The van der Waals surface area contributed by atoms with E-state index < -0.39 is 83.2 Å². The molecule has 23 heteroatoms. The van der Waals surface area contributed by atoms with E-state index in [1.807, 2.05) is 0 Å². The number of halogens is 4. The minimum absolute atomic E-state index is 0.142. The van der Waals surface area contributed by atoms with Gasteiger partial charge in [-0.1, -0.05) is 0 Å². The van der Waals surface area contributed by atoms with E-state index in [0.717, 1.165) is 7.14 Å². The van der Waals surface area contributed by atoms with Crippen LogP contribution in [0.2, 0.25) is 0 Å². The number of anilines is 4. The molecule has 0 bridgehead atoms. The van der Waals surface area contributed by atoms with Crippen molar-refractivity contribution in [2.24, 2.45) is 0 Å². The van der Waals surface area contributed by atoms with Gasteiger partial charge in [0.25, 0.3) is 17.7 Å². The van der Waals surface area contributed by atoms with Crippen molar-refractivity contribution >= 4 is 167 Å². The number of nitrogens with one attached hydrogen (secondary N) is 4. The fourth-order valence-electron chi connectivity index (χ4n) is 10.1. The molecule has 8 amide bonds. The van der Waals surface area contributed by atoms with Crippen LogP contribution in [0.3, 0.4) is 0 Å². The average molecular weight is 1500 g/mol. The average Bonchev–Trinajstić information content (AvgIpc) is 4.26. The van der Waals surface area contributed by atoms with E-state index >= 15 is 0 Å². The number of benzene rings is 4. The third kappa shape index (κ3) is 13.5. The lowest BCUT2D eigenvalue weighted by atomic mass is 10.1. The van der Waals surface area contributed by atoms with Crippen LogP contribution >= 0.6 is 90.4 Å². The Bertz CT molecular complexity index is 3060. The van der Waals surface area contributed by atoms with Gasteiger partial charge in [0.1, 0.15) is 29.8 Å². The second-order valence-corrected chi connectivity index (χ2v) is 25.0. The second-order valence-electron chi connectivity index (χ2n) is 20.0. The molecule has 4 aliphatic heterocycles. The zero-order valence-corrected chi connectivity index (χ0v) is 51.1. The third-order valence-electron chi connectivity index (χ3n) is 13.7.